The van der Waals surface area contributed by atoms with Crippen molar-refractivity contribution in [1.29, 1.82) is 0 Å². The summed E-state index contributed by atoms with van der Waals surface area (Å²) in [7, 11) is 0. The van der Waals surface area contributed by atoms with Crippen molar-refractivity contribution in [3.8, 4) is 5.75 Å². The number of halogens is 2. The molecule has 2 N–H and O–H groups in total. The van der Waals surface area contributed by atoms with Gasteiger partial charge < -0.3 is 15.3 Å². The largest absolute Gasteiger partial charge is 0.506 e. The van der Waals surface area contributed by atoms with Gasteiger partial charge in [-0.1, -0.05) is 60.7 Å². The van der Waals surface area contributed by atoms with Crippen molar-refractivity contribution < 1.29 is 9.90 Å². The molecule has 1 fully saturated rings. The highest BCUT2D eigenvalue weighted by molar-refractivity contribution is 14.1. The van der Waals surface area contributed by atoms with Gasteiger partial charge in [0.25, 0.3) is 5.91 Å². The smallest absolute Gasteiger partial charge is 0.264 e. The van der Waals surface area contributed by atoms with Crippen LogP contribution in [-0.4, -0.2) is 29.3 Å². The van der Waals surface area contributed by atoms with E-state index in [4.69, 9.17) is 4.99 Å². The Morgan fingerprint density at radius 2 is 1.48 bits per heavy atom. The molecule has 3 aliphatic heterocycles. The minimum Gasteiger partial charge on any atom is -0.506 e. The fourth-order valence-corrected chi connectivity index (χ4v) is 9.06. The van der Waals surface area contributed by atoms with E-state index in [1.54, 1.807) is 6.08 Å². The summed E-state index contributed by atoms with van der Waals surface area (Å²) in [6.07, 6.45) is 3.86. The third-order valence-electron chi connectivity index (χ3n) is 8.23. The van der Waals surface area contributed by atoms with Crippen LogP contribution in [-0.2, 0) is 4.79 Å². The van der Waals surface area contributed by atoms with Gasteiger partial charge in [0.1, 0.15) is 5.75 Å². The summed E-state index contributed by atoms with van der Waals surface area (Å²) in [6, 6.07) is 29.8. The fourth-order valence-electron chi connectivity index (χ4n) is 6.34. The molecule has 42 heavy (non-hydrogen) atoms. The molecular formula is C34H27I2N3O2S. The van der Waals surface area contributed by atoms with Crippen molar-refractivity contribution >= 4 is 85.5 Å². The number of benzene rings is 4. The lowest BCUT2D eigenvalue weighted by Crippen LogP contribution is -2.37. The minimum atomic E-state index is -0.207. The Bertz CT molecular complexity index is 1690. The number of rotatable bonds is 4. The number of carbonyl (C=O) groups is 1. The van der Waals surface area contributed by atoms with Crippen LogP contribution in [0.5, 0.6) is 5.75 Å². The van der Waals surface area contributed by atoms with E-state index in [1.807, 2.05) is 12.1 Å². The van der Waals surface area contributed by atoms with E-state index < -0.39 is 0 Å². The Morgan fingerprint density at radius 3 is 2.07 bits per heavy atom. The summed E-state index contributed by atoms with van der Waals surface area (Å²) in [5.41, 5.74) is 8.11. The van der Waals surface area contributed by atoms with Crippen LogP contribution in [0.25, 0.3) is 6.08 Å². The molecule has 0 spiro atoms. The maximum atomic E-state index is 13.0. The number of amides is 1. The van der Waals surface area contributed by atoms with Gasteiger partial charge in [0, 0.05) is 39.7 Å². The summed E-state index contributed by atoms with van der Waals surface area (Å²) in [6.45, 7) is 2.08. The predicted octanol–water partition coefficient (Wildman–Crippen LogP) is 8.37. The third kappa shape index (κ3) is 5.37. The van der Waals surface area contributed by atoms with E-state index in [0.717, 1.165) is 38.8 Å². The number of anilines is 1. The van der Waals surface area contributed by atoms with Gasteiger partial charge in [0.15, 0.2) is 5.17 Å². The van der Waals surface area contributed by atoms with Crippen LogP contribution < -0.4 is 10.2 Å². The van der Waals surface area contributed by atoms with Crippen molar-refractivity contribution in [2.45, 2.75) is 24.7 Å². The maximum absolute atomic E-state index is 13.0. The molecule has 7 rings (SSSR count). The molecule has 8 heteroatoms. The molecule has 4 aromatic carbocycles. The summed E-state index contributed by atoms with van der Waals surface area (Å²) in [5.74, 6) is 0.553. The van der Waals surface area contributed by atoms with Crippen LogP contribution in [0.2, 0.25) is 0 Å². The van der Waals surface area contributed by atoms with E-state index in [-0.39, 0.29) is 23.5 Å². The van der Waals surface area contributed by atoms with E-state index in [9.17, 15) is 9.90 Å². The first-order valence-corrected chi connectivity index (χ1v) is 16.9. The molecule has 5 nitrogen and oxygen atoms in total. The molecule has 0 radical (unpaired) electrons. The van der Waals surface area contributed by atoms with Gasteiger partial charge in [-0.3, -0.25) is 4.79 Å². The van der Waals surface area contributed by atoms with Crippen LogP contribution in [0.3, 0.4) is 0 Å². The van der Waals surface area contributed by atoms with Crippen LogP contribution in [0, 0.1) is 7.14 Å². The van der Waals surface area contributed by atoms with E-state index in [0.29, 0.717) is 15.6 Å². The molecule has 2 atom stereocenters. The molecule has 1 saturated heterocycles. The Kier molecular flexibility index (Phi) is 7.78. The normalized spacial score (nSPS) is 21.5. The first-order valence-electron chi connectivity index (χ1n) is 13.9. The highest BCUT2D eigenvalue weighted by atomic mass is 127. The number of thioether (sulfide) groups is 1. The highest BCUT2D eigenvalue weighted by Crippen LogP contribution is 2.50. The number of phenolic OH excluding ortho intramolecular Hbond substituents is 1. The number of aliphatic imine (C=N–C) groups is 1. The van der Waals surface area contributed by atoms with E-state index in [2.05, 4.69) is 128 Å². The zero-order valence-corrected chi connectivity index (χ0v) is 27.7. The van der Waals surface area contributed by atoms with Crippen molar-refractivity contribution in [1.82, 2.24) is 5.32 Å². The molecule has 3 heterocycles. The Hall–Kier alpha value is -2.83. The molecule has 3 aliphatic rings. The second-order valence-electron chi connectivity index (χ2n) is 10.8. The molecule has 4 aromatic rings. The molecule has 0 unspecified atom stereocenters. The zero-order valence-electron chi connectivity index (χ0n) is 22.6. The van der Waals surface area contributed by atoms with Crippen LogP contribution in [0.15, 0.2) is 94.8 Å². The number of carbonyl (C=O) groups excluding carboxylic acids is 1. The third-order valence-corrected chi connectivity index (χ3v) is 10.6. The number of nitrogens with zero attached hydrogens (tertiary/aromatic N) is 2. The highest BCUT2D eigenvalue weighted by Gasteiger charge is 2.35. The molecule has 0 bridgehead atoms. The molecule has 210 valence electrons. The van der Waals surface area contributed by atoms with Gasteiger partial charge in [-0.05, 0) is 122 Å². The first-order chi connectivity index (χ1) is 20.4. The van der Waals surface area contributed by atoms with Gasteiger partial charge >= 0.3 is 0 Å². The van der Waals surface area contributed by atoms with Gasteiger partial charge in [0.05, 0.1) is 14.2 Å². The lowest BCUT2D eigenvalue weighted by molar-refractivity contribution is -0.115. The lowest BCUT2D eigenvalue weighted by atomic mass is 9.76. The number of aromatic hydroxyl groups is 1. The SMILES string of the molecule is O=C1NC(=Nc2cc3c4c(c2)[C@H](c2ccccc2)CCN4CC[C@@H]3c2ccccc2)S/C1=C\c1cc(I)cc(I)c1O. The lowest BCUT2D eigenvalue weighted by Gasteiger charge is -2.43. The van der Waals surface area contributed by atoms with Crippen LogP contribution in [0.4, 0.5) is 11.4 Å². The molecular weight excluding hydrogens is 768 g/mol. The second kappa shape index (κ2) is 11.7. The van der Waals surface area contributed by atoms with Crippen molar-refractivity contribution in [2.75, 3.05) is 18.0 Å². The van der Waals surface area contributed by atoms with Crippen molar-refractivity contribution in [3.63, 3.8) is 0 Å². The topological polar surface area (TPSA) is 64.9 Å². The van der Waals surface area contributed by atoms with Crippen molar-refractivity contribution in [2.24, 2.45) is 4.99 Å². The number of hydrogen-bond acceptors (Lipinski definition) is 5. The summed E-state index contributed by atoms with van der Waals surface area (Å²) < 4.78 is 1.75. The number of nitrogens with one attached hydrogen (secondary N) is 1. The number of phenols is 1. The van der Waals surface area contributed by atoms with Crippen LogP contribution in [0.1, 0.15) is 52.5 Å². The summed E-state index contributed by atoms with van der Waals surface area (Å²) in [5, 5.41) is 14.1. The minimum absolute atomic E-state index is 0.180. The predicted molar refractivity (Wildman–Crippen MR) is 189 cm³/mol. The quantitative estimate of drug-likeness (QED) is 0.161. The van der Waals surface area contributed by atoms with Gasteiger partial charge in [0.2, 0.25) is 0 Å². The van der Waals surface area contributed by atoms with E-state index in [1.165, 1.54) is 39.7 Å². The average molecular weight is 795 g/mol. The monoisotopic (exact) mass is 795 g/mol. The fraction of sp³-hybridized carbons (Fsp3) is 0.176. The zero-order chi connectivity index (χ0) is 28.8. The van der Waals surface area contributed by atoms with Gasteiger partial charge in [-0.2, -0.15) is 0 Å². The summed E-state index contributed by atoms with van der Waals surface area (Å²) in [4.78, 5) is 21.0. The van der Waals surface area contributed by atoms with Gasteiger partial charge in [-0.15, -0.1) is 0 Å². The van der Waals surface area contributed by atoms with Crippen LogP contribution >= 0.6 is 56.9 Å². The van der Waals surface area contributed by atoms with E-state index >= 15 is 0 Å². The summed E-state index contributed by atoms with van der Waals surface area (Å²) >= 11 is 5.64. The standard InChI is InChI=1S/C34H27I2N3O2S/c35-23-15-22(32(40)29(36)17-23)16-30-33(41)38-34(42-30)37-24-18-27-25(20-7-3-1-4-8-20)11-13-39-14-12-26(28(19-24)31(27)39)21-9-5-2-6-10-21/h1-10,15-19,25-26,40H,11-14H2,(H,37,38,41)/b30-16-/t25-,26+. The average Bonchev–Trinajstić information content (AvgIpc) is 3.34. The Balaban J connectivity index is 1.31. The molecule has 0 aliphatic carbocycles. The molecule has 0 saturated carbocycles. The first kappa shape index (κ1) is 28.0. The molecule has 1 amide bonds. The Morgan fingerprint density at radius 1 is 0.881 bits per heavy atom. The Labute approximate surface area is 276 Å². The second-order valence-corrected chi connectivity index (χ2v) is 14.2. The number of amidine groups is 1. The molecule has 0 aromatic heterocycles. The van der Waals surface area contributed by atoms with Crippen molar-refractivity contribution in [3.05, 3.63) is 125 Å². The van der Waals surface area contributed by atoms with Gasteiger partial charge in [-0.25, -0.2) is 4.99 Å². The number of hydrogen-bond donors (Lipinski definition) is 2. The maximum Gasteiger partial charge on any atom is 0.264 e.